The first-order valence-electron chi connectivity index (χ1n) is 7.06. The van der Waals surface area contributed by atoms with Crippen molar-refractivity contribution >= 4 is 21.4 Å². The zero-order valence-corrected chi connectivity index (χ0v) is 14.5. The lowest BCUT2D eigenvalue weighted by Crippen LogP contribution is -2.26. The molecule has 23 heavy (non-hydrogen) atoms. The van der Waals surface area contributed by atoms with Crippen LogP contribution in [0.5, 0.6) is 0 Å². The molecule has 0 radical (unpaired) electrons. The number of hydrogen-bond acceptors (Lipinski definition) is 4. The van der Waals surface area contributed by atoms with Crippen molar-refractivity contribution in [1.82, 2.24) is 14.1 Å². The lowest BCUT2D eigenvalue weighted by molar-refractivity contribution is 0.467. The van der Waals surface area contributed by atoms with E-state index in [2.05, 4.69) is 5.10 Å². The predicted octanol–water partition coefficient (Wildman–Crippen LogP) is 2.97. The normalized spacial score (nSPS) is 12.0. The minimum atomic E-state index is -3.62. The summed E-state index contributed by atoms with van der Waals surface area (Å²) in [6.45, 7) is 0.321. The monoisotopic (exact) mass is 347 g/mol. The van der Waals surface area contributed by atoms with Crippen LogP contribution < -0.4 is 0 Å². The van der Waals surface area contributed by atoms with Gasteiger partial charge in [-0.1, -0.05) is 36.4 Å². The number of nitrogens with zero attached hydrogens (tertiary/aromatic N) is 3. The molecule has 2 heterocycles. The Labute approximate surface area is 139 Å². The Morgan fingerprint density at radius 2 is 1.91 bits per heavy atom. The van der Waals surface area contributed by atoms with Crippen LogP contribution in [0.2, 0.25) is 0 Å². The summed E-state index contributed by atoms with van der Waals surface area (Å²) in [4.78, 5) is 1.08. The molecule has 0 N–H and O–H groups in total. The summed E-state index contributed by atoms with van der Waals surface area (Å²) < 4.78 is 28.8. The first kappa shape index (κ1) is 15.9. The summed E-state index contributed by atoms with van der Waals surface area (Å²) in [6.07, 6.45) is 1.56. The van der Waals surface area contributed by atoms with Gasteiger partial charge < -0.3 is 0 Å². The van der Waals surface area contributed by atoms with Gasteiger partial charge in [-0.2, -0.15) is 9.40 Å². The molecule has 7 heteroatoms. The molecular weight excluding hydrogens is 330 g/mol. The summed E-state index contributed by atoms with van der Waals surface area (Å²) >= 11 is 1.48. The third-order valence-electron chi connectivity index (χ3n) is 3.49. The number of benzene rings is 1. The van der Waals surface area contributed by atoms with Crippen LogP contribution in [0.25, 0.3) is 10.6 Å². The Hall–Kier alpha value is -1.96. The van der Waals surface area contributed by atoms with Crippen molar-refractivity contribution in [3.63, 3.8) is 0 Å². The molecule has 0 aliphatic heterocycles. The highest BCUT2D eigenvalue weighted by Crippen LogP contribution is 2.31. The van der Waals surface area contributed by atoms with Crippen molar-refractivity contribution in [2.45, 2.75) is 11.4 Å². The lowest BCUT2D eigenvalue weighted by atomic mass is 10.2. The van der Waals surface area contributed by atoms with E-state index in [1.165, 1.54) is 20.3 Å². The minimum absolute atomic E-state index is 0.237. The SMILES string of the molecule is CN(Cc1ccccc1)S(=O)(=O)c1cn(C)nc1-c1cccs1. The number of aromatic nitrogens is 2. The van der Waals surface area contributed by atoms with Crippen molar-refractivity contribution in [2.75, 3.05) is 7.05 Å². The Kier molecular flexibility index (Phi) is 4.34. The molecule has 0 saturated heterocycles. The quantitative estimate of drug-likeness (QED) is 0.713. The van der Waals surface area contributed by atoms with E-state index in [-0.39, 0.29) is 4.90 Å². The largest absolute Gasteiger partial charge is 0.274 e. The minimum Gasteiger partial charge on any atom is -0.274 e. The van der Waals surface area contributed by atoms with Crippen LogP contribution in [0.3, 0.4) is 0 Å². The summed E-state index contributed by atoms with van der Waals surface area (Å²) in [7, 11) is -0.296. The number of hydrogen-bond donors (Lipinski definition) is 0. The summed E-state index contributed by atoms with van der Waals surface area (Å²) in [5.74, 6) is 0. The van der Waals surface area contributed by atoms with Gasteiger partial charge in [-0.15, -0.1) is 11.3 Å². The topological polar surface area (TPSA) is 55.2 Å². The summed E-state index contributed by atoms with van der Waals surface area (Å²) in [6, 6.07) is 13.3. The Balaban J connectivity index is 1.97. The smallest absolute Gasteiger partial charge is 0.246 e. The zero-order chi connectivity index (χ0) is 16.4. The molecule has 2 aromatic heterocycles. The van der Waals surface area contributed by atoms with Crippen LogP contribution in [0.15, 0.2) is 58.9 Å². The van der Waals surface area contributed by atoms with E-state index in [0.717, 1.165) is 10.4 Å². The molecule has 3 aromatic rings. The van der Waals surface area contributed by atoms with Gasteiger partial charge in [0, 0.05) is 26.8 Å². The van der Waals surface area contributed by atoms with Gasteiger partial charge >= 0.3 is 0 Å². The third kappa shape index (κ3) is 3.21. The maximum atomic E-state index is 12.9. The Morgan fingerprint density at radius 3 is 2.57 bits per heavy atom. The second-order valence-corrected chi connectivity index (χ2v) is 8.20. The first-order valence-corrected chi connectivity index (χ1v) is 9.38. The molecule has 0 aliphatic rings. The van der Waals surface area contributed by atoms with Crippen molar-refractivity contribution < 1.29 is 8.42 Å². The molecule has 0 atom stereocenters. The molecular formula is C16H17N3O2S2. The maximum absolute atomic E-state index is 12.9. The molecule has 1 aromatic carbocycles. The molecule has 0 unspecified atom stereocenters. The van der Waals surface area contributed by atoms with Crippen molar-refractivity contribution in [3.8, 4) is 10.6 Å². The van der Waals surface area contributed by atoms with E-state index in [1.807, 2.05) is 47.8 Å². The number of aryl methyl sites for hydroxylation is 1. The Morgan fingerprint density at radius 1 is 1.17 bits per heavy atom. The zero-order valence-electron chi connectivity index (χ0n) is 12.9. The lowest BCUT2D eigenvalue weighted by Gasteiger charge is -2.16. The van der Waals surface area contributed by atoms with Crippen LogP contribution in [0.1, 0.15) is 5.56 Å². The molecule has 0 saturated carbocycles. The van der Waals surface area contributed by atoms with Gasteiger partial charge in [-0.05, 0) is 17.0 Å². The van der Waals surface area contributed by atoms with E-state index in [4.69, 9.17) is 0 Å². The highest BCUT2D eigenvalue weighted by atomic mass is 32.2. The van der Waals surface area contributed by atoms with E-state index in [0.29, 0.717) is 12.2 Å². The number of sulfonamides is 1. The fraction of sp³-hybridized carbons (Fsp3) is 0.188. The van der Waals surface area contributed by atoms with E-state index in [1.54, 1.807) is 20.3 Å². The van der Waals surface area contributed by atoms with Gasteiger partial charge in [0.25, 0.3) is 0 Å². The van der Waals surface area contributed by atoms with Crippen LogP contribution in [0.4, 0.5) is 0 Å². The first-order chi connectivity index (χ1) is 11.0. The van der Waals surface area contributed by atoms with E-state index < -0.39 is 10.0 Å². The Bertz CT molecular complexity index is 885. The van der Waals surface area contributed by atoms with Crippen molar-refractivity contribution in [2.24, 2.45) is 7.05 Å². The van der Waals surface area contributed by atoms with E-state index >= 15 is 0 Å². The molecule has 120 valence electrons. The van der Waals surface area contributed by atoms with E-state index in [9.17, 15) is 8.42 Å². The number of thiophene rings is 1. The van der Waals surface area contributed by atoms with Gasteiger partial charge in [0.15, 0.2) is 0 Å². The van der Waals surface area contributed by atoms with Gasteiger partial charge in [0.2, 0.25) is 10.0 Å². The molecule has 0 fully saturated rings. The van der Waals surface area contributed by atoms with Crippen LogP contribution in [0, 0.1) is 0 Å². The molecule has 0 bridgehead atoms. The molecule has 0 amide bonds. The average Bonchev–Trinajstić information content (AvgIpc) is 3.17. The maximum Gasteiger partial charge on any atom is 0.246 e. The van der Waals surface area contributed by atoms with Crippen LogP contribution in [-0.4, -0.2) is 29.6 Å². The van der Waals surface area contributed by atoms with Crippen LogP contribution >= 0.6 is 11.3 Å². The summed E-state index contributed by atoms with van der Waals surface area (Å²) in [5, 5.41) is 6.24. The second kappa shape index (κ2) is 6.27. The third-order valence-corrected chi connectivity index (χ3v) is 6.17. The van der Waals surface area contributed by atoms with Gasteiger partial charge in [-0.3, -0.25) is 4.68 Å². The highest BCUT2D eigenvalue weighted by molar-refractivity contribution is 7.89. The standard InChI is InChI=1S/C16H17N3O2S2/c1-18-12-15(16(17-18)14-9-6-10-22-14)23(20,21)19(2)11-13-7-4-3-5-8-13/h3-10,12H,11H2,1-2H3. The average molecular weight is 347 g/mol. The van der Waals surface area contributed by atoms with Crippen molar-refractivity contribution in [1.29, 1.82) is 0 Å². The van der Waals surface area contributed by atoms with Gasteiger partial charge in [0.1, 0.15) is 10.6 Å². The summed E-state index contributed by atoms with van der Waals surface area (Å²) in [5.41, 5.74) is 1.45. The molecule has 0 aliphatic carbocycles. The van der Waals surface area contributed by atoms with Gasteiger partial charge in [-0.25, -0.2) is 8.42 Å². The highest BCUT2D eigenvalue weighted by Gasteiger charge is 2.27. The molecule has 5 nitrogen and oxygen atoms in total. The van der Waals surface area contributed by atoms with Gasteiger partial charge in [0.05, 0.1) is 4.88 Å². The molecule has 0 spiro atoms. The number of rotatable bonds is 5. The predicted molar refractivity (Wildman–Crippen MR) is 91.6 cm³/mol. The van der Waals surface area contributed by atoms with Crippen molar-refractivity contribution in [3.05, 3.63) is 59.6 Å². The fourth-order valence-corrected chi connectivity index (χ4v) is 4.46. The van der Waals surface area contributed by atoms with Crippen LogP contribution in [-0.2, 0) is 23.6 Å². The molecule has 3 rings (SSSR count). The fourth-order valence-electron chi connectivity index (χ4n) is 2.33. The second-order valence-electron chi connectivity index (χ2n) is 5.24.